The molecule has 0 aliphatic heterocycles. The molecular weight excluding hydrogens is 338 g/mol. The van der Waals surface area contributed by atoms with Crippen LogP contribution >= 0.6 is 23.1 Å². The zero-order valence-electron chi connectivity index (χ0n) is 14.0. The lowest BCUT2D eigenvalue weighted by Crippen LogP contribution is -2.43. The molecule has 0 spiro atoms. The van der Waals surface area contributed by atoms with Gasteiger partial charge in [0.15, 0.2) is 5.96 Å². The van der Waals surface area contributed by atoms with E-state index in [0.717, 1.165) is 36.5 Å². The summed E-state index contributed by atoms with van der Waals surface area (Å²) in [5.41, 5.74) is 0. The van der Waals surface area contributed by atoms with Crippen molar-refractivity contribution in [1.29, 1.82) is 0 Å². The lowest BCUT2D eigenvalue weighted by molar-refractivity contribution is 0.506. The Morgan fingerprint density at radius 2 is 2.33 bits per heavy atom. The van der Waals surface area contributed by atoms with Gasteiger partial charge in [-0.2, -0.15) is 11.8 Å². The number of furan rings is 1. The van der Waals surface area contributed by atoms with Crippen LogP contribution in [-0.4, -0.2) is 30.1 Å². The zero-order valence-corrected chi connectivity index (χ0v) is 15.7. The summed E-state index contributed by atoms with van der Waals surface area (Å²) in [5.74, 6) is 1.92. The second-order valence-electron chi connectivity index (χ2n) is 6.01. The van der Waals surface area contributed by atoms with E-state index in [1.807, 2.05) is 23.9 Å². The van der Waals surface area contributed by atoms with Gasteiger partial charge in [-0.3, -0.25) is 0 Å². The minimum absolute atomic E-state index is 0.528. The first-order chi connectivity index (χ1) is 11.8. The van der Waals surface area contributed by atoms with Gasteiger partial charge in [-0.25, -0.2) is 4.99 Å². The number of hydrogen-bond acceptors (Lipinski definition) is 4. The molecule has 1 saturated carbocycles. The molecular formula is C18H25N3OS2. The maximum absolute atomic E-state index is 5.39. The van der Waals surface area contributed by atoms with E-state index in [1.54, 1.807) is 17.6 Å². The average Bonchev–Trinajstić information content (AvgIpc) is 3.34. The summed E-state index contributed by atoms with van der Waals surface area (Å²) in [6.07, 6.45) is 8.54. The highest BCUT2D eigenvalue weighted by Crippen LogP contribution is 2.28. The number of guanidine groups is 1. The molecule has 24 heavy (non-hydrogen) atoms. The fraction of sp³-hybridized carbons (Fsp3) is 0.500. The average molecular weight is 364 g/mol. The summed E-state index contributed by atoms with van der Waals surface area (Å²) in [6.45, 7) is 1.55. The van der Waals surface area contributed by atoms with Crippen molar-refractivity contribution in [1.82, 2.24) is 10.6 Å². The highest BCUT2D eigenvalue weighted by molar-refractivity contribution is 7.99. The Bertz CT molecular complexity index is 610. The number of nitrogens with zero attached hydrogens (tertiary/aromatic N) is 1. The van der Waals surface area contributed by atoms with Crippen molar-refractivity contribution in [2.75, 3.05) is 12.8 Å². The number of hydrogen-bond donors (Lipinski definition) is 2. The highest BCUT2D eigenvalue weighted by Gasteiger charge is 2.24. The Morgan fingerprint density at radius 1 is 1.38 bits per heavy atom. The SMILES string of the molecule is CSC1CCC(NC(=NCc2cccs2)NCCc2ccco2)C1. The molecule has 2 heterocycles. The van der Waals surface area contributed by atoms with Gasteiger partial charge in [0.1, 0.15) is 5.76 Å². The van der Waals surface area contributed by atoms with Crippen LogP contribution in [0.25, 0.3) is 0 Å². The zero-order chi connectivity index (χ0) is 16.6. The third-order valence-corrected chi connectivity index (χ3v) is 6.23. The molecule has 2 N–H and O–H groups in total. The molecule has 2 atom stereocenters. The number of thioether (sulfide) groups is 1. The predicted molar refractivity (Wildman–Crippen MR) is 104 cm³/mol. The van der Waals surface area contributed by atoms with Gasteiger partial charge in [0.2, 0.25) is 0 Å². The van der Waals surface area contributed by atoms with Gasteiger partial charge in [-0.05, 0) is 49.1 Å². The van der Waals surface area contributed by atoms with Crippen LogP contribution < -0.4 is 10.6 Å². The van der Waals surface area contributed by atoms with Gasteiger partial charge in [0.25, 0.3) is 0 Å². The standard InChI is InChI=1S/C18H25N3OS2/c1-23-16-7-6-14(12-16)21-18(20-13-17-5-3-11-24-17)19-9-8-15-4-2-10-22-15/h2-5,10-11,14,16H,6-9,12-13H2,1H3,(H2,19,20,21). The molecule has 1 fully saturated rings. The van der Waals surface area contributed by atoms with Gasteiger partial charge in [-0.1, -0.05) is 6.07 Å². The molecule has 0 radical (unpaired) electrons. The predicted octanol–water partition coefficient (Wildman–Crippen LogP) is 3.90. The van der Waals surface area contributed by atoms with Crippen LogP contribution in [0.2, 0.25) is 0 Å². The van der Waals surface area contributed by atoms with Crippen molar-refractivity contribution in [2.45, 2.75) is 43.5 Å². The molecule has 1 aliphatic rings. The minimum Gasteiger partial charge on any atom is -0.469 e. The van der Waals surface area contributed by atoms with E-state index in [-0.39, 0.29) is 0 Å². The second-order valence-corrected chi connectivity index (χ2v) is 8.18. The summed E-state index contributed by atoms with van der Waals surface area (Å²) in [5, 5.41) is 9.96. The molecule has 2 unspecified atom stereocenters. The van der Waals surface area contributed by atoms with E-state index in [9.17, 15) is 0 Å². The molecule has 1 aliphatic carbocycles. The molecule has 2 aromatic rings. The topological polar surface area (TPSA) is 49.6 Å². The van der Waals surface area contributed by atoms with Crippen LogP contribution in [0.1, 0.15) is 29.9 Å². The molecule has 130 valence electrons. The van der Waals surface area contributed by atoms with E-state index in [0.29, 0.717) is 6.04 Å². The number of thiophene rings is 1. The maximum Gasteiger partial charge on any atom is 0.191 e. The van der Waals surface area contributed by atoms with Crippen molar-refractivity contribution in [3.8, 4) is 0 Å². The molecule has 4 nitrogen and oxygen atoms in total. The number of nitrogens with one attached hydrogen (secondary N) is 2. The van der Waals surface area contributed by atoms with Gasteiger partial charge in [-0.15, -0.1) is 11.3 Å². The molecule has 6 heteroatoms. The van der Waals surface area contributed by atoms with Crippen molar-refractivity contribution in [3.05, 3.63) is 46.5 Å². The summed E-state index contributed by atoms with van der Waals surface area (Å²) >= 11 is 3.73. The summed E-state index contributed by atoms with van der Waals surface area (Å²) in [7, 11) is 0. The first-order valence-corrected chi connectivity index (χ1v) is 10.6. The van der Waals surface area contributed by atoms with Gasteiger partial charge < -0.3 is 15.1 Å². The quantitative estimate of drug-likeness (QED) is 0.578. The van der Waals surface area contributed by atoms with E-state index < -0.39 is 0 Å². The largest absolute Gasteiger partial charge is 0.469 e. The van der Waals surface area contributed by atoms with Crippen LogP contribution in [-0.2, 0) is 13.0 Å². The first kappa shape index (κ1) is 17.4. The number of aliphatic imine (C=N–C) groups is 1. The maximum atomic E-state index is 5.39. The van der Waals surface area contributed by atoms with E-state index >= 15 is 0 Å². The minimum atomic E-state index is 0.528. The summed E-state index contributed by atoms with van der Waals surface area (Å²) in [6, 6.07) is 8.68. The second kappa shape index (κ2) is 9.18. The summed E-state index contributed by atoms with van der Waals surface area (Å²) in [4.78, 5) is 6.05. The van der Waals surface area contributed by atoms with Crippen LogP contribution in [0, 0.1) is 0 Å². The Hall–Kier alpha value is -1.40. The first-order valence-electron chi connectivity index (χ1n) is 8.46. The molecule has 3 rings (SSSR count). The number of rotatable bonds is 7. The van der Waals surface area contributed by atoms with Crippen LogP contribution in [0.4, 0.5) is 0 Å². The van der Waals surface area contributed by atoms with E-state index in [2.05, 4.69) is 34.4 Å². The highest BCUT2D eigenvalue weighted by atomic mass is 32.2. The van der Waals surface area contributed by atoms with Gasteiger partial charge >= 0.3 is 0 Å². The third kappa shape index (κ3) is 5.31. The smallest absolute Gasteiger partial charge is 0.191 e. The van der Waals surface area contributed by atoms with Crippen LogP contribution in [0.15, 0.2) is 45.3 Å². The third-order valence-electron chi connectivity index (χ3n) is 4.28. The van der Waals surface area contributed by atoms with Gasteiger partial charge in [0, 0.05) is 29.1 Å². The van der Waals surface area contributed by atoms with E-state index in [1.165, 1.54) is 24.1 Å². The fourth-order valence-corrected chi connectivity index (χ4v) is 4.37. The molecule has 0 aromatic carbocycles. The Kier molecular flexibility index (Phi) is 6.66. The van der Waals surface area contributed by atoms with Crippen molar-refractivity contribution >= 4 is 29.1 Å². The van der Waals surface area contributed by atoms with Crippen molar-refractivity contribution < 1.29 is 4.42 Å². The van der Waals surface area contributed by atoms with Crippen molar-refractivity contribution in [3.63, 3.8) is 0 Å². The normalized spacial score (nSPS) is 21.1. The molecule has 0 saturated heterocycles. The molecule has 0 amide bonds. The summed E-state index contributed by atoms with van der Waals surface area (Å²) < 4.78 is 5.39. The Morgan fingerprint density at radius 3 is 3.04 bits per heavy atom. The lowest BCUT2D eigenvalue weighted by atomic mass is 10.2. The fourth-order valence-electron chi connectivity index (χ4n) is 2.95. The lowest BCUT2D eigenvalue weighted by Gasteiger charge is -2.17. The van der Waals surface area contributed by atoms with Crippen molar-refractivity contribution in [2.24, 2.45) is 4.99 Å². The Balaban J connectivity index is 1.54. The van der Waals surface area contributed by atoms with Crippen LogP contribution in [0.3, 0.4) is 0 Å². The van der Waals surface area contributed by atoms with Gasteiger partial charge in [0.05, 0.1) is 12.8 Å². The molecule has 0 bridgehead atoms. The monoisotopic (exact) mass is 363 g/mol. The van der Waals surface area contributed by atoms with E-state index in [4.69, 9.17) is 9.41 Å². The molecule has 2 aromatic heterocycles. The van der Waals surface area contributed by atoms with Crippen LogP contribution in [0.5, 0.6) is 0 Å². The Labute approximate surface area is 152 Å².